The van der Waals surface area contributed by atoms with Crippen LogP contribution in [0.3, 0.4) is 0 Å². The quantitative estimate of drug-likeness (QED) is 0.641. The lowest BCUT2D eigenvalue weighted by Gasteiger charge is -2.35. The fourth-order valence-corrected chi connectivity index (χ4v) is 3.27. The minimum Gasteiger partial charge on any atom is -0.353 e. The van der Waals surface area contributed by atoms with E-state index in [-0.39, 0.29) is 5.91 Å². The van der Waals surface area contributed by atoms with Crippen LogP contribution in [0.5, 0.6) is 0 Å². The van der Waals surface area contributed by atoms with Crippen LogP contribution in [0.4, 0.5) is 0 Å². The number of amides is 1. The molecule has 21 heavy (non-hydrogen) atoms. The molecule has 2 N–H and O–H groups in total. The standard InChI is InChI=1S/C17H33N3O/c1-3-11-20-12-8-15(9-13-20)14(2)18-10-4-5-17(21)19-16-6-7-16/h14-16,18H,3-13H2,1-2H3,(H,19,21). The Morgan fingerprint density at radius 1 is 1.24 bits per heavy atom. The van der Waals surface area contributed by atoms with Crippen LogP contribution in [0.1, 0.15) is 58.8 Å². The van der Waals surface area contributed by atoms with E-state index < -0.39 is 0 Å². The highest BCUT2D eigenvalue weighted by atomic mass is 16.1. The molecule has 0 aromatic carbocycles. The molecule has 1 saturated carbocycles. The monoisotopic (exact) mass is 295 g/mol. The third-order valence-electron chi connectivity index (χ3n) is 4.87. The smallest absolute Gasteiger partial charge is 0.220 e. The SMILES string of the molecule is CCCN1CCC(C(C)NCCCC(=O)NC2CC2)CC1. The number of hydrogen-bond acceptors (Lipinski definition) is 3. The summed E-state index contributed by atoms with van der Waals surface area (Å²) in [6.45, 7) is 9.31. The maximum atomic E-state index is 11.6. The molecule has 0 bridgehead atoms. The highest BCUT2D eigenvalue weighted by molar-refractivity contribution is 5.76. The number of nitrogens with one attached hydrogen (secondary N) is 2. The Hall–Kier alpha value is -0.610. The van der Waals surface area contributed by atoms with Gasteiger partial charge in [-0.15, -0.1) is 0 Å². The normalized spacial score (nSPS) is 22.2. The number of nitrogens with zero attached hydrogens (tertiary/aromatic N) is 1. The maximum absolute atomic E-state index is 11.6. The second-order valence-electron chi connectivity index (χ2n) is 6.87. The molecule has 1 amide bonds. The second-order valence-corrected chi connectivity index (χ2v) is 6.87. The van der Waals surface area contributed by atoms with Crippen LogP contribution < -0.4 is 10.6 Å². The van der Waals surface area contributed by atoms with Gasteiger partial charge in [0.2, 0.25) is 5.91 Å². The summed E-state index contributed by atoms with van der Waals surface area (Å²) >= 11 is 0. The highest BCUT2D eigenvalue weighted by Gasteiger charge is 2.24. The van der Waals surface area contributed by atoms with Gasteiger partial charge in [0.05, 0.1) is 0 Å². The molecule has 2 fully saturated rings. The zero-order valence-corrected chi connectivity index (χ0v) is 13.9. The Bertz CT molecular complexity index is 309. The zero-order valence-electron chi connectivity index (χ0n) is 13.9. The van der Waals surface area contributed by atoms with Crippen LogP contribution in [0.25, 0.3) is 0 Å². The average Bonchev–Trinajstić information content (AvgIpc) is 3.28. The Balaban J connectivity index is 1.51. The predicted octanol–water partition coefficient (Wildman–Crippen LogP) is 2.15. The zero-order chi connectivity index (χ0) is 15.1. The summed E-state index contributed by atoms with van der Waals surface area (Å²) in [6.07, 6.45) is 7.88. The minimum absolute atomic E-state index is 0.236. The van der Waals surface area contributed by atoms with Gasteiger partial charge in [-0.05, 0) is 77.5 Å². The van der Waals surface area contributed by atoms with Gasteiger partial charge in [0.1, 0.15) is 0 Å². The molecule has 1 aliphatic carbocycles. The second kappa shape index (κ2) is 8.74. The first-order valence-corrected chi connectivity index (χ1v) is 8.94. The molecule has 0 radical (unpaired) electrons. The van der Waals surface area contributed by atoms with E-state index in [1.165, 1.54) is 51.7 Å². The molecule has 1 unspecified atom stereocenters. The molecular weight excluding hydrogens is 262 g/mol. The van der Waals surface area contributed by atoms with Gasteiger partial charge in [-0.1, -0.05) is 6.92 Å². The lowest BCUT2D eigenvalue weighted by Crippen LogP contribution is -2.42. The first-order valence-electron chi connectivity index (χ1n) is 8.94. The van der Waals surface area contributed by atoms with E-state index >= 15 is 0 Å². The Kier molecular flexibility index (Phi) is 6.97. The third-order valence-corrected chi connectivity index (χ3v) is 4.87. The molecule has 1 atom stereocenters. The number of likely N-dealkylation sites (tertiary alicyclic amines) is 1. The number of piperidine rings is 1. The predicted molar refractivity (Wildman–Crippen MR) is 87.3 cm³/mol. The van der Waals surface area contributed by atoms with Gasteiger partial charge in [0, 0.05) is 18.5 Å². The number of hydrogen-bond donors (Lipinski definition) is 2. The van der Waals surface area contributed by atoms with Crippen molar-refractivity contribution in [1.82, 2.24) is 15.5 Å². The van der Waals surface area contributed by atoms with Crippen molar-refractivity contribution in [3.63, 3.8) is 0 Å². The molecule has 1 aliphatic heterocycles. The van der Waals surface area contributed by atoms with Gasteiger partial charge in [-0.3, -0.25) is 4.79 Å². The topological polar surface area (TPSA) is 44.4 Å². The Morgan fingerprint density at radius 3 is 2.57 bits per heavy atom. The summed E-state index contributed by atoms with van der Waals surface area (Å²) in [5.41, 5.74) is 0. The summed E-state index contributed by atoms with van der Waals surface area (Å²) in [7, 11) is 0. The maximum Gasteiger partial charge on any atom is 0.220 e. The third kappa shape index (κ3) is 6.35. The van der Waals surface area contributed by atoms with E-state index in [9.17, 15) is 4.79 Å². The van der Waals surface area contributed by atoms with Crippen molar-refractivity contribution in [2.24, 2.45) is 5.92 Å². The number of carbonyl (C=O) groups excluding carboxylic acids is 1. The van der Waals surface area contributed by atoms with Gasteiger partial charge >= 0.3 is 0 Å². The molecule has 0 spiro atoms. The number of carbonyl (C=O) groups is 1. The van der Waals surface area contributed by atoms with Crippen molar-refractivity contribution in [1.29, 1.82) is 0 Å². The van der Waals surface area contributed by atoms with Crippen molar-refractivity contribution in [2.45, 2.75) is 70.9 Å². The summed E-state index contributed by atoms with van der Waals surface area (Å²) in [5.74, 6) is 1.04. The van der Waals surface area contributed by atoms with E-state index in [2.05, 4.69) is 29.4 Å². The van der Waals surface area contributed by atoms with Crippen LogP contribution in [-0.2, 0) is 4.79 Å². The summed E-state index contributed by atoms with van der Waals surface area (Å²) in [6, 6.07) is 1.08. The van der Waals surface area contributed by atoms with Gasteiger partial charge in [-0.25, -0.2) is 0 Å². The fourth-order valence-electron chi connectivity index (χ4n) is 3.27. The van der Waals surface area contributed by atoms with E-state index in [0.29, 0.717) is 18.5 Å². The van der Waals surface area contributed by atoms with E-state index in [1.54, 1.807) is 0 Å². The molecule has 0 aromatic heterocycles. The summed E-state index contributed by atoms with van der Waals surface area (Å²) in [5, 5.41) is 6.67. The van der Waals surface area contributed by atoms with E-state index in [0.717, 1.165) is 18.9 Å². The van der Waals surface area contributed by atoms with Gasteiger partial charge in [0.15, 0.2) is 0 Å². The molecule has 2 aliphatic rings. The lowest BCUT2D eigenvalue weighted by molar-refractivity contribution is -0.121. The van der Waals surface area contributed by atoms with Crippen molar-refractivity contribution in [3.8, 4) is 0 Å². The highest BCUT2D eigenvalue weighted by Crippen LogP contribution is 2.21. The fraction of sp³-hybridized carbons (Fsp3) is 0.941. The van der Waals surface area contributed by atoms with Crippen LogP contribution in [0.2, 0.25) is 0 Å². The van der Waals surface area contributed by atoms with E-state index in [4.69, 9.17) is 0 Å². The van der Waals surface area contributed by atoms with Crippen LogP contribution in [0, 0.1) is 5.92 Å². The average molecular weight is 295 g/mol. The lowest BCUT2D eigenvalue weighted by atomic mass is 9.90. The molecule has 1 saturated heterocycles. The molecule has 2 rings (SSSR count). The number of rotatable bonds is 9. The molecule has 4 nitrogen and oxygen atoms in total. The van der Waals surface area contributed by atoms with Gasteiger partial charge < -0.3 is 15.5 Å². The van der Waals surface area contributed by atoms with Crippen molar-refractivity contribution in [2.75, 3.05) is 26.2 Å². The minimum atomic E-state index is 0.236. The molecule has 4 heteroatoms. The molecule has 122 valence electrons. The van der Waals surface area contributed by atoms with Gasteiger partial charge in [0.25, 0.3) is 0 Å². The van der Waals surface area contributed by atoms with Crippen LogP contribution >= 0.6 is 0 Å². The van der Waals surface area contributed by atoms with Crippen LogP contribution in [-0.4, -0.2) is 49.1 Å². The van der Waals surface area contributed by atoms with E-state index in [1.807, 2.05) is 0 Å². The summed E-state index contributed by atoms with van der Waals surface area (Å²) in [4.78, 5) is 14.2. The Labute approximate surface area is 130 Å². The molecule has 0 aromatic rings. The largest absolute Gasteiger partial charge is 0.353 e. The molecular formula is C17H33N3O. The van der Waals surface area contributed by atoms with Crippen molar-refractivity contribution in [3.05, 3.63) is 0 Å². The van der Waals surface area contributed by atoms with Crippen LogP contribution in [0.15, 0.2) is 0 Å². The molecule has 1 heterocycles. The summed E-state index contributed by atoms with van der Waals surface area (Å²) < 4.78 is 0. The van der Waals surface area contributed by atoms with Gasteiger partial charge in [-0.2, -0.15) is 0 Å². The van der Waals surface area contributed by atoms with Crippen molar-refractivity contribution >= 4 is 5.91 Å². The first-order chi connectivity index (χ1) is 10.2. The first kappa shape index (κ1) is 16.8. The van der Waals surface area contributed by atoms with Crippen molar-refractivity contribution < 1.29 is 4.79 Å². The Morgan fingerprint density at radius 2 is 1.95 bits per heavy atom.